The third-order valence-corrected chi connectivity index (χ3v) is 9.65. The molecule has 148 valence electrons. The maximum atomic E-state index is 6.94. The number of rotatable bonds is 5. The highest BCUT2D eigenvalue weighted by atomic mass is 31.2. The molecule has 0 N–H and O–H groups in total. The minimum absolute atomic E-state index is 0. The van der Waals surface area contributed by atoms with Crippen LogP contribution < -0.4 is 4.62 Å². The Morgan fingerprint density at radius 2 is 1.22 bits per heavy atom. The summed E-state index contributed by atoms with van der Waals surface area (Å²) >= 11 is 0. The van der Waals surface area contributed by atoms with E-state index in [1.807, 2.05) is 18.2 Å². The quantitative estimate of drug-likeness (QED) is 0.577. The van der Waals surface area contributed by atoms with E-state index in [-0.39, 0.29) is 7.43 Å². The number of nitrogens with zero attached hydrogens (tertiary/aromatic N) is 6. The third kappa shape index (κ3) is 3.25. The second-order valence-corrected chi connectivity index (χ2v) is 10.4. The van der Waals surface area contributed by atoms with Gasteiger partial charge in [0.2, 0.25) is 0 Å². The molecular formula is C19H31N6OP. The molecule has 0 unspecified atom stereocenters. The van der Waals surface area contributed by atoms with Crippen molar-refractivity contribution in [1.29, 1.82) is 0 Å². The van der Waals surface area contributed by atoms with Crippen molar-refractivity contribution in [2.24, 2.45) is 0 Å². The van der Waals surface area contributed by atoms with Gasteiger partial charge in [-0.15, -0.1) is 19.1 Å². The normalized spacial score (nSPS) is 22.5. The average molecular weight is 390 g/mol. The Kier molecular flexibility index (Phi) is 5.65. The van der Waals surface area contributed by atoms with E-state index in [9.17, 15) is 0 Å². The van der Waals surface area contributed by atoms with Crippen molar-refractivity contribution in [2.75, 3.05) is 39.3 Å². The van der Waals surface area contributed by atoms with Crippen molar-refractivity contribution in [1.82, 2.24) is 29.2 Å². The number of benzene rings is 1. The highest BCUT2D eigenvalue weighted by Crippen LogP contribution is 2.68. The van der Waals surface area contributed by atoms with Gasteiger partial charge in [0, 0.05) is 39.3 Å². The Morgan fingerprint density at radius 1 is 0.741 bits per heavy atom. The van der Waals surface area contributed by atoms with Crippen LogP contribution in [-0.4, -0.2) is 68.4 Å². The zero-order valence-corrected chi connectivity index (χ0v) is 17.2. The van der Waals surface area contributed by atoms with Crippen molar-refractivity contribution >= 4 is 19.0 Å². The summed E-state index contributed by atoms with van der Waals surface area (Å²) in [6.45, 7) is 6.79. The molecule has 0 aliphatic carbocycles. The van der Waals surface area contributed by atoms with Gasteiger partial charge in [-0.25, -0.2) is 0 Å². The summed E-state index contributed by atoms with van der Waals surface area (Å²) in [5.41, 5.74) is 1.87. The van der Waals surface area contributed by atoms with Crippen molar-refractivity contribution in [3.8, 4) is 0 Å². The average Bonchev–Trinajstić information content (AvgIpc) is 3.49. The van der Waals surface area contributed by atoms with Gasteiger partial charge in [-0.2, -0.15) is 4.62 Å². The van der Waals surface area contributed by atoms with Gasteiger partial charge < -0.3 is 7.43 Å². The third-order valence-electron chi connectivity index (χ3n) is 5.86. The van der Waals surface area contributed by atoms with Crippen LogP contribution in [0.15, 0.2) is 24.3 Å². The lowest BCUT2D eigenvalue weighted by Gasteiger charge is -2.39. The maximum absolute atomic E-state index is 6.94. The fourth-order valence-corrected chi connectivity index (χ4v) is 8.71. The summed E-state index contributed by atoms with van der Waals surface area (Å²) in [5, 5.41) is 8.72. The Hall–Kier alpha value is -1.27. The van der Waals surface area contributed by atoms with Crippen LogP contribution in [0.2, 0.25) is 0 Å². The molecule has 0 radical (unpaired) electrons. The molecular weight excluding hydrogens is 359 g/mol. The minimum Gasteiger partial charge on any atom is -0.358 e. The van der Waals surface area contributed by atoms with Crippen LogP contribution in [0.3, 0.4) is 0 Å². The molecule has 3 aliphatic heterocycles. The van der Waals surface area contributed by atoms with Crippen molar-refractivity contribution in [3.05, 3.63) is 31.7 Å². The lowest BCUT2D eigenvalue weighted by atomic mass is 10.3. The summed E-state index contributed by atoms with van der Waals surface area (Å²) in [6.07, 6.45) is 7.61. The molecule has 0 amide bonds. The molecule has 0 spiro atoms. The highest BCUT2D eigenvalue weighted by Gasteiger charge is 2.63. The van der Waals surface area contributed by atoms with Crippen LogP contribution >= 0.6 is 7.94 Å². The molecule has 3 saturated heterocycles. The monoisotopic (exact) mass is 390 g/mol. The van der Waals surface area contributed by atoms with Crippen LogP contribution in [0.25, 0.3) is 11.0 Å². The van der Waals surface area contributed by atoms with Gasteiger partial charge in [-0.1, -0.05) is 12.1 Å². The van der Waals surface area contributed by atoms with Crippen LogP contribution in [0.1, 0.15) is 38.5 Å². The Balaban J connectivity index is 0.00000180. The SMILES string of the molecule is [CH3-].c1ccc2c(c1)nnn2O[P+](N1CCCC1)(N1CCCC1)N1CCCC1. The van der Waals surface area contributed by atoms with E-state index in [1.165, 1.54) is 38.5 Å². The van der Waals surface area contributed by atoms with Crippen molar-refractivity contribution < 1.29 is 4.62 Å². The molecule has 5 rings (SSSR count). The minimum atomic E-state index is -2.07. The van der Waals surface area contributed by atoms with E-state index < -0.39 is 7.94 Å². The Labute approximate surface area is 162 Å². The second-order valence-electron chi connectivity index (χ2n) is 7.53. The first-order valence-corrected chi connectivity index (χ1v) is 11.6. The number of hydrogen-bond acceptors (Lipinski definition) is 6. The topological polar surface area (TPSA) is 49.7 Å². The van der Waals surface area contributed by atoms with E-state index in [4.69, 9.17) is 4.62 Å². The fraction of sp³-hybridized carbons (Fsp3) is 0.632. The molecule has 0 bridgehead atoms. The molecule has 4 heterocycles. The van der Waals surface area contributed by atoms with Crippen molar-refractivity contribution in [2.45, 2.75) is 38.5 Å². The molecule has 3 fully saturated rings. The van der Waals surface area contributed by atoms with E-state index in [2.05, 4.69) is 30.4 Å². The van der Waals surface area contributed by atoms with Gasteiger partial charge in [0.15, 0.2) is 0 Å². The summed E-state index contributed by atoms with van der Waals surface area (Å²) in [6, 6.07) is 8.10. The number of hydrogen-bond donors (Lipinski definition) is 0. The van der Waals surface area contributed by atoms with Crippen LogP contribution in [0.5, 0.6) is 0 Å². The Bertz CT molecular complexity index is 709. The van der Waals surface area contributed by atoms with Gasteiger partial charge in [0.05, 0.1) is 0 Å². The van der Waals surface area contributed by atoms with E-state index in [1.54, 1.807) is 4.85 Å². The number of fused-ring (bicyclic) bond motifs is 1. The molecule has 7 nitrogen and oxygen atoms in total. The molecule has 0 saturated carbocycles. The van der Waals surface area contributed by atoms with Gasteiger partial charge in [0.1, 0.15) is 11.0 Å². The van der Waals surface area contributed by atoms with Crippen LogP contribution in [0, 0.1) is 7.43 Å². The van der Waals surface area contributed by atoms with Crippen LogP contribution in [0.4, 0.5) is 0 Å². The van der Waals surface area contributed by atoms with Gasteiger partial charge in [0.25, 0.3) is 0 Å². The highest BCUT2D eigenvalue weighted by molar-refractivity contribution is 7.64. The molecule has 0 atom stereocenters. The largest absolute Gasteiger partial charge is 0.451 e. The predicted molar refractivity (Wildman–Crippen MR) is 110 cm³/mol. The standard InChI is InChI=1S/C18H28N6OP.CH3/c1-2-10-18-17(9-1)19-20-24(18)25-26(21-11-3-4-12-21,22-13-5-6-14-22)23-15-7-8-16-23;/h1-2,9-10H,3-8,11-16H2;1H3/q+1;-1. The smallest absolute Gasteiger partial charge is 0.358 e. The summed E-state index contributed by atoms with van der Waals surface area (Å²) in [4.78, 5) is 1.72. The number of para-hydroxylation sites is 1. The lowest BCUT2D eigenvalue weighted by Crippen LogP contribution is -2.47. The predicted octanol–water partition coefficient (Wildman–Crippen LogP) is 3.28. The second kappa shape index (κ2) is 8.00. The molecule has 8 heteroatoms. The van der Waals surface area contributed by atoms with E-state index >= 15 is 0 Å². The molecule has 1 aromatic heterocycles. The fourth-order valence-electron chi connectivity index (χ4n) is 4.59. The van der Waals surface area contributed by atoms with E-state index in [0.717, 1.165) is 50.3 Å². The lowest BCUT2D eigenvalue weighted by molar-refractivity contribution is 0.169. The maximum Gasteiger partial charge on any atom is 0.451 e. The first-order valence-electron chi connectivity index (χ1n) is 10.0. The molecule has 27 heavy (non-hydrogen) atoms. The summed E-state index contributed by atoms with van der Waals surface area (Å²) in [7, 11) is -2.07. The van der Waals surface area contributed by atoms with Gasteiger partial charge in [-0.05, 0) is 60.7 Å². The number of aromatic nitrogens is 3. The van der Waals surface area contributed by atoms with E-state index in [0.29, 0.717) is 0 Å². The van der Waals surface area contributed by atoms with Gasteiger partial charge >= 0.3 is 7.94 Å². The first-order chi connectivity index (χ1) is 12.9. The summed E-state index contributed by atoms with van der Waals surface area (Å²) < 4.78 is 14.9. The Morgan fingerprint density at radius 3 is 1.74 bits per heavy atom. The molecule has 1 aromatic carbocycles. The zero-order chi connectivity index (χ0) is 17.4. The molecule has 2 aromatic rings. The molecule has 3 aliphatic rings. The van der Waals surface area contributed by atoms with Gasteiger partial charge in [-0.3, -0.25) is 0 Å². The zero-order valence-electron chi connectivity index (χ0n) is 16.3. The van der Waals surface area contributed by atoms with Crippen molar-refractivity contribution in [3.63, 3.8) is 0 Å². The summed E-state index contributed by atoms with van der Waals surface area (Å²) in [5.74, 6) is 0. The first kappa shape index (κ1) is 19.1. The van der Waals surface area contributed by atoms with Crippen LogP contribution in [-0.2, 0) is 0 Å².